The first-order chi connectivity index (χ1) is 13.4. The van der Waals surface area contributed by atoms with Gasteiger partial charge >= 0.3 is 6.03 Å². The molecule has 1 aliphatic heterocycles. The summed E-state index contributed by atoms with van der Waals surface area (Å²) in [6.07, 6.45) is 0.964. The lowest BCUT2D eigenvalue weighted by Gasteiger charge is -2.31. The summed E-state index contributed by atoms with van der Waals surface area (Å²) in [4.78, 5) is 12.5. The Hall–Kier alpha value is -2.18. The van der Waals surface area contributed by atoms with E-state index in [1.807, 2.05) is 68.4 Å². The summed E-state index contributed by atoms with van der Waals surface area (Å²) in [5.74, 6) is 1.39. The summed E-state index contributed by atoms with van der Waals surface area (Å²) in [6.45, 7) is 4.77. The first kappa shape index (κ1) is 19.2. The van der Waals surface area contributed by atoms with Crippen LogP contribution in [0, 0.1) is 5.92 Å². The topological polar surface area (TPSA) is 67.4 Å². The molecule has 1 saturated carbocycles. The Morgan fingerprint density at radius 2 is 1.82 bits per heavy atom. The van der Waals surface area contributed by atoms with E-state index >= 15 is 0 Å². The molecule has 3 unspecified atom stereocenters. The van der Waals surface area contributed by atoms with Crippen molar-refractivity contribution in [3.8, 4) is 0 Å². The fourth-order valence-electron chi connectivity index (χ4n) is 4.11. The van der Waals surface area contributed by atoms with E-state index < -0.39 is 10.8 Å². The number of anilines is 1. The zero-order valence-corrected chi connectivity index (χ0v) is 17.1. The van der Waals surface area contributed by atoms with Gasteiger partial charge in [-0.05, 0) is 43.5 Å². The molecular weight excluding hydrogens is 372 g/mol. The van der Waals surface area contributed by atoms with Crippen LogP contribution in [0.4, 0.5) is 10.5 Å². The molecular formula is C22H26N2O3S. The van der Waals surface area contributed by atoms with Crippen molar-refractivity contribution >= 4 is 22.5 Å². The number of amides is 2. The van der Waals surface area contributed by atoms with Gasteiger partial charge in [-0.15, -0.1) is 0 Å². The average Bonchev–Trinajstić information content (AvgIpc) is 3.29. The lowest BCUT2D eigenvalue weighted by atomic mass is 9.96. The summed E-state index contributed by atoms with van der Waals surface area (Å²) in [5.41, 5.74) is 2.11. The van der Waals surface area contributed by atoms with E-state index in [1.54, 1.807) is 0 Å². The highest BCUT2D eigenvalue weighted by molar-refractivity contribution is 7.83. The summed E-state index contributed by atoms with van der Waals surface area (Å²) in [6, 6.07) is 17.2. The Bertz CT molecular complexity index is 900. The van der Waals surface area contributed by atoms with Gasteiger partial charge in [-0.2, -0.15) is 0 Å². The molecule has 2 aliphatic rings. The molecule has 148 valence electrons. The van der Waals surface area contributed by atoms with Crippen LogP contribution in [-0.4, -0.2) is 28.0 Å². The fraction of sp³-hybridized carbons (Fsp3) is 0.409. The van der Waals surface area contributed by atoms with Gasteiger partial charge in [-0.3, -0.25) is 4.21 Å². The second-order valence-corrected chi connectivity index (χ2v) is 9.64. The van der Waals surface area contributed by atoms with E-state index in [0.29, 0.717) is 29.7 Å². The molecule has 2 N–H and O–H groups in total. The molecule has 5 nitrogen and oxygen atoms in total. The molecule has 4 rings (SSSR count). The minimum atomic E-state index is -1.00. The van der Waals surface area contributed by atoms with Crippen molar-refractivity contribution in [2.75, 3.05) is 11.9 Å². The molecule has 1 saturated heterocycles. The van der Waals surface area contributed by atoms with Crippen molar-refractivity contribution in [3.63, 3.8) is 0 Å². The number of hydrogen-bond acceptors (Lipinski definition) is 3. The van der Waals surface area contributed by atoms with Crippen LogP contribution in [0.2, 0.25) is 0 Å². The predicted molar refractivity (Wildman–Crippen MR) is 111 cm³/mol. The van der Waals surface area contributed by atoms with Crippen molar-refractivity contribution in [1.29, 1.82) is 0 Å². The lowest BCUT2D eigenvalue weighted by Crippen LogP contribution is -2.52. The first-order valence-electron chi connectivity index (χ1n) is 9.59. The van der Waals surface area contributed by atoms with Gasteiger partial charge in [0.25, 0.3) is 0 Å². The van der Waals surface area contributed by atoms with Crippen molar-refractivity contribution in [1.82, 2.24) is 5.32 Å². The molecule has 0 radical (unpaired) electrons. The first-order valence-corrected chi connectivity index (χ1v) is 11.1. The van der Waals surface area contributed by atoms with Gasteiger partial charge in [0, 0.05) is 33.9 Å². The Morgan fingerprint density at radius 3 is 2.50 bits per heavy atom. The maximum absolute atomic E-state index is 12.5. The number of carbonyl (C=O) groups is 1. The highest BCUT2D eigenvalue weighted by atomic mass is 32.2. The fourth-order valence-corrected chi connectivity index (χ4v) is 5.33. The quantitative estimate of drug-likeness (QED) is 0.777. The number of nitrogens with one attached hydrogen (secondary N) is 2. The lowest BCUT2D eigenvalue weighted by molar-refractivity contribution is -0.00667. The number of fused-ring (bicyclic) bond motifs is 1. The van der Waals surface area contributed by atoms with Gasteiger partial charge in [-0.25, -0.2) is 4.79 Å². The van der Waals surface area contributed by atoms with Gasteiger partial charge in [0.15, 0.2) is 0 Å². The van der Waals surface area contributed by atoms with Crippen LogP contribution < -0.4 is 10.6 Å². The van der Waals surface area contributed by atoms with Crippen LogP contribution in [0.25, 0.3) is 0 Å². The third-order valence-corrected chi connectivity index (χ3v) is 7.16. The zero-order chi connectivity index (χ0) is 19.8. The second-order valence-electron chi connectivity index (χ2n) is 8.19. The molecule has 2 fully saturated rings. The number of rotatable bonds is 6. The molecule has 1 heterocycles. The summed E-state index contributed by atoms with van der Waals surface area (Å²) in [7, 11) is -1.00. The highest BCUT2D eigenvalue weighted by Gasteiger charge is 2.69. The number of hydrogen-bond donors (Lipinski definition) is 2. The zero-order valence-electron chi connectivity index (χ0n) is 16.2. The average molecular weight is 399 g/mol. The predicted octanol–water partition coefficient (Wildman–Crippen LogP) is 3.82. The van der Waals surface area contributed by atoms with E-state index in [2.05, 4.69) is 10.6 Å². The summed E-state index contributed by atoms with van der Waals surface area (Å²) >= 11 is 0. The van der Waals surface area contributed by atoms with Crippen molar-refractivity contribution in [2.24, 2.45) is 5.92 Å². The maximum Gasteiger partial charge on any atom is 0.319 e. The van der Waals surface area contributed by atoms with Crippen LogP contribution in [0.1, 0.15) is 31.4 Å². The molecule has 6 heteroatoms. The Kier molecular flexibility index (Phi) is 5.02. The van der Waals surface area contributed by atoms with Crippen LogP contribution in [0.5, 0.6) is 0 Å². The summed E-state index contributed by atoms with van der Waals surface area (Å²) in [5, 5.41) is 6.04. The van der Waals surface area contributed by atoms with E-state index in [9.17, 15) is 9.00 Å². The number of benzene rings is 2. The third-order valence-electron chi connectivity index (χ3n) is 5.84. The Labute approximate surface area is 168 Å². The van der Waals surface area contributed by atoms with Gasteiger partial charge in [0.05, 0.1) is 17.7 Å². The number of ether oxygens (including phenoxy) is 1. The minimum Gasteiger partial charge on any atom is -0.373 e. The molecule has 3 atom stereocenters. The highest BCUT2D eigenvalue weighted by Crippen LogP contribution is 2.57. The number of urea groups is 1. The molecule has 0 spiro atoms. The SMILES string of the molecule is CC1(C)OCC2CC21NC(=O)Nc1cccc(CS(=O)Cc2ccccc2)c1. The van der Waals surface area contributed by atoms with E-state index in [0.717, 1.165) is 17.5 Å². The smallest absolute Gasteiger partial charge is 0.319 e. The van der Waals surface area contributed by atoms with Crippen LogP contribution in [0.15, 0.2) is 54.6 Å². The van der Waals surface area contributed by atoms with Gasteiger partial charge in [0.1, 0.15) is 0 Å². The van der Waals surface area contributed by atoms with E-state index in [1.165, 1.54) is 0 Å². The molecule has 28 heavy (non-hydrogen) atoms. The molecule has 1 aliphatic carbocycles. The van der Waals surface area contributed by atoms with E-state index in [-0.39, 0.29) is 17.2 Å². The van der Waals surface area contributed by atoms with Gasteiger partial charge in [-0.1, -0.05) is 42.5 Å². The Balaban J connectivity index is 1.35. The van der Waals surface area contributed by atoms with Gasteiger partial charge in [0.2, 0.25) is 0 Å². The molecule has 0 bridgehead atoms. The second kappa shape index (κ2) is 7.33. The Morgan fingerprint density at radius 1 is 1.11 bits per heavy atom. The maximum atomic E-state index is 12.5. The number of carbonyl (C=O) groups excluding carboxylic acids is 1. The molecule has 2 amide bonds. The monoisotopic (exact) mass is 398 g/mol. The minimum absolute atomic E-state index is 0.219. The molecule has 2 aromatic rings. The van der Waals surface area contributed by atoms with Crippen LogP contribution >= 0.6 is 0 Å². The molecule has 0 aromatic heterocycles. The van der Waals surface area contributed by atoms with Crippen molar-refractivity contribution < 1.29 is 13.7 Å². The normalized spacial score (nSPS) is 25.6. The van der Waals surface area contributed by atoms with Crippen LogP contribution in [0.3, 0.4) is 0 Å². The van der Waals surface area contributed by atoms with Crippen molar-refractivity contribution in [3.05, 3.63) is 65.7 Å². The van der Waals surface area contributed by atoms with Crippen molar-refractivity contribution in [2.45, 2.75) is 42.9 Å². The standard InChI is InChI=1S/C22H26N2O3S/c1-21(2)22(12-18(22)13-27-21)24-20(25)23-19-10-6-9-17(11-19)15-28(26)14-16-7-4-3-5-8-16/h3-11,18H,12-15H2,1-2H3,(H2,23,24,25). The third kappa shape index (κ3) is 3.84. The van der Waals surface area contributed by atoms with E-state index in [4.69, 9.17) is 4.74 Å². The van der Waals surface area contributed by atoms with Gasteiger partial charge < -0.3 is 15.4 Å². The van der Waals surface area contributed by atoms with Crippen LogP contribution in [-0.2, 0) is 27.0 Å². The summed E-state index contributed by atoms with van der Waals surface area (Å²) < 4.78 is 18.3. The molecule has 2 aromatic carbocycles. The largest absolute Gasteiger partial charge is 0.373 e.